The fourth-order valence-corrected chi connectivity index (χ4v) is 3.94. The predicted molar refractivity (Wildman–Crippen MR) is 124 cm³/mol. The standard InChI is InChI=1S/C24H24N2O5.ClH/c1-26(2)9-3-8-25-24(27)17-10-16-5-7-20-23(31-14-29-20)22(16)18(11-17)15-4-6-19-21(12-15)30-13-28-19;/h4-7,10-12H,3,8-9,13-14H2,1-2H3,(H,25,27);1H. The normalized spacial score (nSPS) is 13.3. The molecule has 1 N–H and O–H groups in total. The Kier molecular flexibility index (Phi) is 6.30. The summed E-state index contributed by atoms with van der Waals surface area (Å²) < 4.78 is 22.4. The van der Waals surface area contributed by atoms with Gasteiger partial charge in [0.15, 0.2) is 23.0 Å². The Morgan fingerprint density at radius 3 is 2.53 bits per heavy atom. The first-order valence-corrected chi connectivity index (χ1v) is 10.3. The number of halogens is 1. The maximum absolute atomic E-state index is 12.9. The highest BCUT2D eigenvalue weighted by molar-refractivity contribution is 6.08. The molecule has 2 aliphatic heterocycles. The van der Waals surface area contributed by atoms with Crippen molar-refractivity contribution in [3.05, 3.63) is 48.0 Å². The molecule has 168 valence electrons. The summed E-state index contributed by atoms with van der Waals surface area (Å²) in [7, 11) is 4.04. The first kappa shape index (κ1) is 22.0. The minimum Gasteiger partial charge on any atom is -0.454 e. The van der Waals surface area contributed by atoms with Crippen LogP contribution in [0.5, 0.6) is 23.0 Å². The summed E-state index contributed by atoms with van der Waals surface area (Å²) in [6.07, 6.45) is 0.889. The molecular formula is C24H25ClN2O5. The van der Waals surface area contributed by atoms with Gasteiger partial charge in [0.2, 0.25) is 13.6 Å². The van der Waals surface area contributed by atoms with Gasteiger partial charge in [-0.05, 0) is 73.9 Å². The van der Waals surface area contributed by atoms with E-state index in [-0.39, 0.29) is 31.9 Å². The molecule has 3 aromatic rings. The molecular weight excluding hydrogens is 432 g/mol. The largest absolute Gasteiger partial charge is 0.454 e. The number of nitrogens with one attached hydrogen (secondary N) is 1. The molecule has 5 rings (SSSR count). The number of fused-ring (bicyclic) bond motifs is 4. The lowest BCUT2D eigenvalue weighted by Crippen LogP contribution is -2.27. The third-order valence-corrected chi connectivity index (χ3v) is 5.47. The van der Waals surface area contributed by atoms with Crippen LogP contribution in [-0.2, 0) is 0 Å². The van der Waals surface area contributed by atoms with E-state index in [1.165, 1.54) is 0 Å². The molecule has 0 spiro atoms. The molecule has 0 radical (unpaired) electrons. The predicted octanol–water partition coefficient (Wildman–Crippen LogP) is 4.07. The van der Waals surface area contributed by atoms with Crippen LogP contribution < -0.4 is 24.3 Å². The van der Waals surface area contributed by atoms with Crippen molar-refractivity contribution in [2.45, 2.75) is 6.42 Å². The molecule has 0 aromatic heterocycles. The van der Waals surface area contributed by atoms with Crippen molar-refractivity contribution < 1.29 is 23.7 Å². The minimum atomic E-state index is -0.0969. The first-order chi connectivity index (χ1) is 15.1. The van der Waals surface area contributed by atoms with E-state index in [0.717, 1.165) is 34.9 Å². The number of ether oxygens (including phenoxy) is 4. The maximum atomic E-state index is 12.9. The summed E-state index contributed by atoms with van der Waals surface area (Å²) in [5.74, 6) is 2.71. The number of carbonyl (C=O) groups is 1. The Morgan fingerprint density at radius 1 is 0.938 bits per heavy atom. The number of hydrogen-bond acceptors (Lipinski definition) is 6. The molecule has 0 saturated heterocycles. The zero-order valence-corrected chi connectivity index (χ0v) is 18.8. The van der Waals surface area contributed by atoms with Gasteiger partial charge in [0.25, 0.3) is 5.91 Å². The van der Waals surface area contributed by atoms with Gasteiger partial charge in [-0.3, -0.25) is 4.79 Å². The minimum absolute atomic E-state index is 0. The van der Waals surface area contributed by atoms with Crippen molar-refractivity contribution in [3.8, 4) is 34.1 Å². The third kappa shape index (κ3) is 4.13. The SMILES string of the molecule is CN(C)CCCNC(=O)c1cc(-c2ccc3c(c2)OCO3)c2c3c(ccc2c1)OCO3.Cl. The second kappa shape index (κ2) is 9.14. The van der Waals surface area contributed by atoms with Gasteiger partial charge >= 0.3 is 0 Å². The van der Waals surface area contributed by atoms with Crippen molar-refractivity contribution in [1.82, 2.24) is 10.2 Å². The van der Waals surface area contributed by atoms with Crippen LogP contribution in [0.2, 0.25) is 0 Å². The van der Waals surface area contributed by atoms with Gasteiger partial charge in [0, 0.05) is 17.5 Å². The highest BCUT2D eigenvalue weighted by Crippen LogP contribution is 2.46. The van der Waals surface area contributed by atoms with Crippen LogP contribution in [-0.4, -0.2) is 51.6 Å². The average Bonchev–Trinajstić information content (AvgIpc) is 3.44. The van der Waals surface area contributed by atoms with Crippen LogP contribution in [0.3, 0.4) is 0 Å². The number of amides is 1. The van der Waals surface area contributed by atoms with Gasteiger partial charge in [-0.25, -0.2) is 0 Å². The lowest BCUT2D eigenvalue weighted by Gasteiger charge is -2.14. The molecule has 0 fully saturated rings. The molecule has 0 saturated carbocycles. The second-order valence-corrected chi connectivity index (χ2v) is 7.90. The number of benzene rings is 3. The van der Waals surface area contributed by atoms with E-state index >= 15 is 0 Å². The zero-order chi connectivity index (χ0) is 21.4. The van der Waals surface area contributed by atoms with E-state index in [2.05, 4.69) is 10.2 Å². The van der Waals surface area contributed by atoms with Crippen LogP contribution in [0.1, 0.15) is 16.8 Å². The van der Waals surface area contributed by atoms with Gasteiger partial charge in [-0.1, -0.05) is 12.1 Å². The van der Waals surface area contributed by atoms with Gasteiger partial charge in [0.05, 0.1) is 0 Å². The number of hydrogen-bond donors (Lipinski definition) is 1. The molecule has 8 heteroatoms. The molecule has 2 aliphatic rings. The summed E-state index contributed by atoms with van der Waals surface area (Å²) >= 11 is 0. The summed E-state index contributed by atoms with van der Waals surface area (Å²) in [6.45, 7) is 1.93. The van der Waals surface area contributed by atoms with Gasteiger partial charge in [-0.15, -0.1) is 12.4 Å². The van der Waals surface area contributed by atoms with Gasteiger partial charge in [-0.2, -0.15) is 0 Å². The van der Waals surface area contributed by atoms with E-state index < -0.39 is 0 Å². The van der Waals surface area contributed by atoms with Crippen molar-refractivity contribution in [1.29, 1.82) is 0 Å². The van der Waals surface area contributed by atoms with E-state index in [1.54, 1.807) is 0 Å². The monoisotopic (exact) mass is 456 g/mol. The second-order valence-electron chi connectivity index (χ2n) is 7.90. The van der Waals surface area contributed by atoms with Crippen LogP contribution in [0.25, 0.3) is 21.9 Å². The summed E-state index contributed by atoms with van der Waals surface area (Å²) in [5.41, 5.74) is 2.40. The lowest BCUT2D eigenvalue weighted by molar-refractivity contribution is 0.0952. The molecule has 0 unspecified atom stereocenters. The van der Waals surface area contributed by atoms with Crippen LogP contribution in [0.15, 0.2) is 42.5 Å². The molecule has 2 heterocycles. The number of rotatable bonds is 6. The maximum Gasteiger partial charge on any atom is 0.251 e. The molecule has 7 nitrogen and oxygen atoms in total. The van der Waals surface area contributed by atoms with E-state index in [4.69, 9.17) is 18.9 Å². The quantitative estimate of drug-likeness (QED) is 0.564. The highest BCUT2D eigenvalue weighted by atomic mass is 35.5. The molecule has 0 aliphatic carbocycles. The van der Waals surface area contributed by atoms with Crippen LogP contribution >= 0.6 is 12.4 Å². The topological polar surface area (TPSA) is 69.3 Å². The number of carbonyl (C=O) groups excluding carboxylic acids is 1. The Balaban J connectivity index is 0.00000245. The van der Waals surface area contributed by atoms with Crippen molar-refractivity contribution >= 4 is 29.1 Å². The first-order valence-electron chi connectivity index (χ1n) is 10.3. The van der Waals surface area contributed by atoms with Crippen molar-refractivity contribution in [2.75, 3.05) is 40.8 Å². The van der Waals surface area contributed by atoms with Gasteiger partial charge < -0.3 is 29.2 Å². The Morgan fingerprint density at radius 2 is 1.69 bits per heavy atom. The van der Waals surface area contributed by atoms with Gasteiger partial charge in [0.1, 0.15) is 0 Å². The smallest absolute Gasteiger partial charge is 0.251 e. The Labute approximate surface area is 192 Å². The molecule has 1 amide bonds. The molecule has 0 atom stereocenters. The fourth-order valence-electron chi connectivity index (χ4n) is 3.94. The molecule has 32 heavy (non-hydrogen) atoms. The number of nitrogens with zero attached hydrogens (tertiary/aromatic N) is 1. The van der Waals surface area contributed by atoms with E-state index in [1.807, 2.05) is 56.6 Å². The third-order valence-electron chi connectivity index (χ3n) is 5.47. The van der Waals surface area contributed by atoms with Crippen molar-refractivity contribution in [3.63, 3.8) is 0 Å². The fraction of sp³-hybridized carbons (Fsp3) is 0.292. The summed E-state index contributed by atoms with van der Waals surface area (Å²) in [6, 6.07) is 13.4. The lowest BCUT2D eigenvalue weighted by atomic mass is 9.94. The Bertz CT molecular complexity index is 1160. The molecule has 0 bridgehead atoms. The van der Waals surface area contributed by atoms with Crippen LogP contribution in [0, 0.1) is 0 Å². The average molecular weight is 457 g/mol. The van der Waals surface area contributed by atoms with E-state index in [0.29, 0.717) is 35.1 Å². The highest BCUT2D eigenvalue weighted by Gasteiger charge is 2.23. The van der Waals surface area contributed by atoms with Crippen molar-refractivity contribution in [2.24, 2.45) is 0 Å². The zero-order valence-electron chi connectivity index (χ0n) is 18.0. The summed E-state index contributed by atoms with van der Waals surface area (Å²) in [4.78, 5) is 15.0. The van der Waals surface area contributed by atoms with E-state index in [9.17, 15) is 4.79 Å². The molecule has 3 aromatic carbocycles. The Hall–Kier alpha value is -3.16. The van der Waals surface area contributed by atoms with Crippen LogP contribution in [0.4, 0.5) is 0 Å². The summed E-state index contributed by atoms with van der Waals surface area (Å²) in [5, 5.41) is 4.85.